The van der Waals surface area contributed by atoms with Crippen LogP contribution in [0.2, 0.25) is 0 Å². The molecule has 0 saturated heterocycles. The van der Waals surface area contributed by atoms with Gasteiger partial charge in [-0.2, -0.15) is 0 Å². The predicted molar refractivity (Wildman–Crippen MR) is 71.7 cm³/mol. The minimum Gasteiger partial charge on any atom is -0.349 e. The van der Waals surface area contributed by atoms with E-state index in [4.69, 9.17) is 0 Å². The Hall–Kier alpha value is -1.06. The SMILES string of the molecule is CC(C)C(=O)N(C)C.CCC(=O)N(C)C(C)C. The van der Waals surface area contributed by atoms with Crippen molar-refractivity contribution in [3.8, 4) is 0 Å². The van der Waals surface area contributed by atoms with Gasteiger partial charge in [0.2, 0.25) is 11.8 Å². The lowest BCUT2D eigenvalue weighted by molar-refractivity contribution is -0.132. The van der Waals surface area contributed by atoms with Crippen LogP contribution in [0.15, 0.2) is 0 Å². The van der Waals surface area contributed by atoms with Gasteiger partial charge < -0.3 is 9.80 Å². The van der Waals surface area contributed by atoms with Crippen LogP contribution in [0.25, 0.3) is 0 Å². The molecule has 0 aromatic carbocycles. The maximum atomic E-state index is 10.9. The van der Waals surface area contributed by atoms with E-state index in [1.54, 1.807) is 23.9 Å². The van der Waals surface area contributed by atoms with Gasteiger partial charge in [-0.1, -0.05) is 20.8 Å². The Balaban J connectivity index is 0. The third-order valence-corrected chi connectivity index (χ3v) is 2.41. The number of hydrogen-bond donors (Lipinski definition) is 0. The molecule has 4 heteroatoms. The molecular formula is C13H28N2O2. The smallest absolute Gasteiger partial charge is 0.224 e. The maximum Gasteiger partial charge on any atom is 0.224 e. The molecule has 0 spiro atoms. The van der Waals surface area contributed by atoms with Gasteiger partial charge in [0, 0.05) is 39.5 Å². The Labute approximate surface area is 106 Å². The molecule has 0 saturated carbocycles. The van der Waals surface area contributed by atoms with Gasteiger partial charge in [-0.05, 0) is 13.8 Å². The van der Waals surface area contributed by atoms with E-state index in [0.29, 0.717) is 12.5 Å². The first kappa shape index (κ1) is 18.3. The molecule has 2 amide bonds. The molecule has 4 nitrogen and oxygen atoms in total. The first-order chi connectivity index (χ1) is 7.64. The van der Waals surface area contributed by atoms with Gasteiger partial charge in [0.15, 0.2) is 0 Å². The minimum atomic E-state index is 0.130. The molecule has 0 atom stereocenters. The van der Waals surface area contributed by atoms with Crippen molar-refractivity contribution in [2.24, 2.45) is 5.92 Å². The molecule has 0 radical (unpaired) electrons. The fourth-order valence-corrected chi connectivity index (χ4v) is 1.05. The van der Waals surface area contributed by atoms with Gasteiger partial charge in [-0.25, -0.2) is 0 Å². The van der Waals surface area contributed by atoms with Crippen molar-refractivity contribution in [1.29, 1.82) is 0 Å². The first-order valence-corrected chi connectivity index (χ1v) is 6.11. The summed E-state index contributed by atoms with van der Waals surface area (Å²) in [5.41, 5.74) is 0. The normalized spacial score (nSPS) is 9.76. The summed E-state index contributed by atoms with van der Waals surface area (Å²) in [7, 11) is 5.36. The fourth-order valence-electron chi connectivity index (χ4n) is 1.05. The first-order valence-electron chi connectivity index (χ1n) is 6.11. The molecule has 102 valence electrons. The van der Waals surface area contributed by atoms with Crippen molar-refractivity contribution in [2.75, 3.05) is 21.1 Å². The van der Waals surface area contributed by atoms with E-state index >= 15 is 0 Å². The molecule has 0 aliphatic rings. The van der Waals surface area contributed by atoms with Crippen molar-refractivity contribution in [3.05, 3.63) is 0 Å². The molecule has 0 fully saturated rings. The van der Waals surface area contributed by atoms with E-state index in [2.05, 4.69) is 0 Å². The second-order valence-electron chi connectivity index (χ2n) is 4.84. The molecule has 0 rings (SSSR count). The fraction of sp³-hybridized carbons (Fsp3) is 0.846. The summed E-state index contributed by atoms with van der Waals surface area (Å²) in [4.78, 5) is 25.0. The lowest BCUT2D eigenvalue weighted by atomic mass is 10.2. The zero-order chi connectivity index (χ0) is 14.2. The standard InChI is InChI=1S/C7H15NO.C6H13NO/c1-5-7(9)8(4)6(2)3;1-5(2)6(8)7(3)4/h6H,5H2,1-4H3;5H,1-4H3. The van der Waals surface area contributed by atoms with Crippen LogP contribution in [-0.4, -0.2) is 48.8 Å². The van der Waals surface area contributed by atoms with Crippen LogP contribution < -0.4 is 0 Å². The van der Waals surface area contributed by atoms with E-state index < -0.39 is 0 Å². The Morgan fingerprint density at radius 3 is 1.47 bits per heavy atom. The van der Waals surface area contributed by atoms with E-state index in [9.17, 15) is 9.59 Å². The lowest BCUT2D eigenvalue weighted by Gasteiger charge is -2.20. The monoisotopic (exact) mass is 244 g/mol. The van der Waals surface area contributed by atoms with Crippen molar-refractivity contribution in [3.63, 3.8) is 0 Å². The van der Waals surface area contributed by atoms with Crippen molar-refractivity contribution < 1.29 is 9.59 Å². The third-order valence-electron chi connectivity index (χ3n) is 2.41. The minimum absolute atomic E-state index is 0.130. The van der Waals surface area contributed by atoms with E-state index in [1.807, 2.05) is 41.7 Å². The second kappa shape index (κ2) is 9.02. The molecule has 0 aliphatic heterocycles. The highest BCUT2D eigenvalue weighted by atomic mass is 16.2. The Morgan fingerprint density at radius 2 is 1.41 bits per heavy atom. The quantitative estimate of drug-likeness (QED) is 0.762. The average molecular weight is 244 g/mol. The van der Waals surface area contributed by atoms with Crippen LogP contribution in [0.3, 0.4) is 0 Å². The van der Waals surface area contributed by atoms with Crippen molar-refractivity contribution in [2.45, 2.75) is 47.1 Å². The van der Waals surface area contributed by atoms with Gasteiger partial charge in [0.05, 0.1) is 0 Å². The highest BCUT2D eigenvalue weighted by Gasteiger charge is 2.07. The number of carbonyl (C=O) groups excluding carboxylic acids is 2. The summed E-state index contributed by atoms with van der Waals surface area (Å²) in [6, 6.07) is 0.331. The summed E-state index contributed by atoms with van der Waals surface area (Å²) >= 11 is 0. The van der Waals surface area contributed by atoms with Gasteiger partial charge in [0.1, 0.15) is 0 Å². The molecule has 0 bridgehead atoms. The number of amides is 2. The largest absolute Gasteiger partial charge is 0.349 e. The van der Waals surface area contributed by atoms with Crippen molar-refractivity contribution in [1.82, 2.24) is 9.80 Å². The summed E-state index contributed by atoms with van der Waals surface area (Å²) in [5, 5.41) is 0. The van der Waals surface area contributed by atoms with Crippen LogP contribution >= 0.6 is 0 Å². The molecule has 0 heterocycles. The molecule has 0 unspecified atom stereocenters. The molecule has 0 aromatic heterocycles. The van der Waals surface area contributed by atoms with Gasteiger partial charge in [-0.3, -0.25) is 9.59 Å². The van der Waals surface area contributed by atoms with Crippen LogP contribution in [0.4, 0.5) is 0 Å². The number of carbonyl (C=O) groups is 2. The third kappa shape index (κ3) is 8.72. The number of rotatable bonds is 3. The summed E-state index contributed by atoms with van der Waals surface area (Å²) in [6.07, 6.45) is 0.606. The Morgan fingerprint density at radius 1 is 1.00 bits per heavy atom. The van der Waals surface area contributed by atoms with Crippen LogP contribution in [0.1, 0.15) is 41.0 Å². The number of nitrogens with zero attached hydrogens (tertiary/aromatic N) is 2. The Kier molecular flexibility index (Phi) is 9.72. The highest BCUT2D eigenvalue weighted by Crippen LogP contribution is 1.96. The molecule has 0 N–H and O–H groups in total. The van der Waals surface area contributed by atoms with Gasteiger partial charge in [0.25, 0.3) is 0 Å². The molecule has 17 heavy (non-hydrogen) atoms. The summed E-state index contributed by atoms with van der Waals surface area (Å²) in [5.74, 6) is 0.528. The number of hydrogen-bond acceptors (Lipinski definition) is 2. The van der Waals surface area contributed by atoms with Crippen LogP contribution in [0.5, 0.6) is 0 Å². The average Bonchev–Trinajstić information content (AvgIpc) is 2.26. The summed E-state index contributed by atoms with van der Waals surface area (Å²) in [6.45, 7) is 9.67. The van der Waals surface area contributed by atoms with E-state index in [-0.39, 0.29) is 17.7 Å². The van der Waals surface area contributed by atoms with Crippen LogP contribution in [0, 0.1) is 5.92 Å². The second-order valence-corrected chi connectivity index (χ2v) is 4.84. The van der Waals surface area contributed by atoms with E-state index in [0.717, 1.165) is 0 Å². The highest BCUT2D eigenvalue weighted by molar-refractivity contribution is 5.77. The summed E-state index contributed by atoms with van der Waals surface area (Å²) < 4.78 is 0. The van der Waals surface area contributed by atoms with Gasteiger partial charge in [-0.15, -0.1) is 0 Å². The van der Waals surface area contributed by atoms with Gasteiger partial charge >= 0.3 is 0 Å². The molecular weight excluding hydrogens is 216 g/mol. The van der Waals surface area contributed by atoms with Crippen LogP contribution in [-0.2, 0) is 9.59 Å². The Bertz CT molecular complexity index is 226. The maximum absolute atomic E-state index is 10.9. The van der Waals surface area contributed by atoms with E-state index in [1.165, 1.54) is 0 Å². The zero-order valence-electron chi connectivity index (χ0n) is 12.6. The lowest BCUT2D eigenvalue weighted by Crippen LogP contribution is -2.32. The molecule has 0 aromatic rings. The topological polar surface area (TPSA) is 40.6 Å². The molecule has 0 aliphatic carbocycles. The van der Waals surface area contributed by atoms with Crippen molar-refractivity contribution >= 4 is 11.8 Å². The zero-order valence-corrected chi connectivity index (χ0v) is 12.6. The predicted octanol–water partition coefficient (Wildman–Crippen LogP) is 1.99.